The van der Waals surface area contributed by atoms with Gasteiger partial charge in [0.15, 0.2) is 0 Å². The molecule has 0 aromatic rings. The van der Waals surface area contributed by atoms with Crippen molar-refractivity contribution in [1.82, 2.24) is 4.90 Å². The van der Waals surface area contributed by atoms with Crippen molar-refractivity contribution in [2.45, 2.75) is 44.2 Å². The summed E-state index contributed by atoms with van der Waals surface area (Å²) < 4.78 is 5.42. The molecule has 3 atom stereocenters. The van der Waals surface area contributed by atoms with Gasteiger partial charge in [0.1, 0.15) is 0 Å². The van der Waals surface area contributed by atoms with Crippen molar-refractivity contribution in [2.24, 2.45) is 23.5 Å². The summed E-state index contributed by atoms with van der Waals surface area (Å²) in [5, 5.41) is 9.19. The van der Waals surface area contributed by atoms with E-state index in [1.807, 2.05) is 4.90 Å². The van der Waals surface area contributed by atoms with E-state index in [2.05, 4.69) is 0 Å². The highest BCUT2D eigenvalue weighted by Gasteiger charge is 2.42. The van der Waals surface area contributed by atoms with Crippen LogP contribution in [0.3, 0.4) is 0 Å². The number of nitrogens with zero attached hydrogens (tertiary/aromatic N) is 1. The molecular weight excluding hydrogens is 256 g/mol. The third-order valence-electron chi connectivity index (χ3n) is 5.42. The number of aliphatic hydroxyl groups excluding tert-OH is 1. The average Bonchev–Trinajstić information content (AvgIpc) is 2.46. The first-order valence-corrected chi connectivity index (χ1v) is 7.96. The van der Waals surface area contributed by atoms with E-state index in [9.17, 15) is 9.90 Å². The maximum Gasteiger partial charge on any atom is 0.225 e. The standard InChI is InChI=1S/C15H26N2O3/c16-14-10-2-1-3-11(14)7-12(6-10)15(19)17-4-5-20-13(8-17)9-18/h10-14,18H,1-9,16H2. The molecule has 2 aliphatic carbocycles. The highest BCUT2D eigenvalue weighted by atomic mass is 16.5. The SMILES string of the molecule is NC1C2CCCC1CC(C(=O)N1CCOC(CO)C1)C2. The van der Waals surface area contributed by atoms with Gasteiger partial charge >= 0.3 is 0 Å². The van der Waals surface area contributed by atoms with Gasteiger partial charge in [-0.3, -0.25) is 4.79 Å². The van der Waals surface area contributed by atoms with E-state index >= 15 is 0 Å². The Bertz CT molecular complexity index is 349. The zero-order valence-electron chi connectivity index (χ0n) is 12.0. The summed E-state index contributed by atoms with van der Waals surface area (Å²) in [7, 11) is 0. The fourth-order valence-corrected chi connectivity index (χ4v) is 4.28. The number of hydrogen-bond donors (Lipinski definition) is 2. The van der Waals surface area contributed by atoms with Crippen LogP contribution in [0.15, 0.2) is 0 Å². The van der Waals surface area contributed by atoms with Crippen LogP contribution in [0.5, 0.6) is 0 Å². The summed E-state index contributed by atoms with van der Waals surface area (Å²) in [5.74, 6) is 1.47. The van der Waals surface area contributed by atoms with Crippen LogP contribution in [0.1, 0.15) is 32.1 Å². The zero-order valence-corrected chi connectivity index (χ0v) is 12.0. The molecule has 1 aliphatic heterocycles. The highest BCUT2D eigenvalue weighted by molar-refractivity contribution is 5.79. The van der Waals surface area contributed by atoms with Crippen LogP contribution in [0.25, 0.3) is 0 Å². The van der Waals surface area contributed by atoms with Crippen molar-refractivity contribution < 1.29 is 14.6 Å². The van der Waals surface area contributed by atoms with Crippen LogP contribution in [0, 0.1) is 17.8 Å². The minimum atomic E-state index is -0.210. The maximum absolute atomic E-state index is 12.7. The first-order valence-electron chi connectivity index (χ1n) is 7.96. The molecule has 3 N–H and O–H groups in total. The molecule has 20 heavy (non-hydrogen) atoms. The van der Waals surface area contributed by atoms with E-state index in [4.69, 9.17) is 10.5 Å². The molecule has 3 fully saturated rings. The number of ether oxygens (including phenoxy) is 1. The molecule has 0 aromatic carbocycles. The molecule has 114 valence electrons. The quantitative estimate of drug-likeness (QED) is 0.767. The molecule has 2 bridgehead atoms. The minimum absolute atomic E-state index is 0.00935. The number of fused-ring (bicyclic) bond motifs is 2. The lowest BCUT2D eigenvalue weighted by molar-refractivity contribution is -0.147. The second-order valence-corrected chi connectivity index (χ2v) is 6.66. The molecule has 1 amide bonds. The summed E-state index contributed by atoms with van der Waals surface area (Å²) >= 11 is 0. The number of aliphatic hydroxyl groups is 1. The number of amides is 1. The number of carbonyl (C=O) groups is 1. The third kappa shape index (κ3) is 2.71. The Morgan fingerprint density at radius 3 is 2.65 bits per heavy atom. The first kappa shape index (κ1) is 14.3. The van der Waals surface area contributed by atoms with Crippen LogP contribution in [-0.2, 0) is 9.53 Å². The van der Waals surface area contributed by atoms with Crippen molar-refractivity contribution >= 4 is 5.91 Å². The summed E-state index contributed by atoms with van der Waals surface area (Å²) in [4.78, 5) is 14.6. The number of hydrogen-bond acceptors (Lipinski definition) is 4. The van der Waals surface area contributed by atoms with Gasteiger partial charge in [0.05, 0.1) is 19.3 Å². The van der Waals surface area contributed by atoms with Gasteiger partial charge in [-0.25, -0.2) is 0 Å². The van der Waals surface area contributed by atoms with Crippen LogP contribution in [0.2, 0.25) is 0 Å². The monoisotopic (exact) mass is 282 g/mol. The fraction of sp³-hybridized carbons (Fsp3) is 0.933. The van der Waals surface area contributed by atoms with E-state index in [-0.39, 0.29) is 24.5 Å². The summed E-state index contributed by atoms with van der Waals surface area (Å²) in [6.07, 6.45) is 5.34. The molecule has 3 rings (SSSR count). The largest absolute Gasteiger partial charge is 0.394 e. The van der Waals surface area contributed by atoms with Gasteiger partial charge in [-0.1, -0.05) is 6.42 Å². The Kier molecular flexibility index (Phi) is 4.29. The molecule has 5 heteroatoms. The lowest BCUT2D eigenvalue weighted by Gasteiger charge is -2.45. The smallest absolute Gasteiger partial charge is 0.225 e. The molecule has 3 aliphatic rings. The number of nitrogens with two attached hydrogens (primary N) is 1. The third-order valence-corrected chi connectivity index (χ3v) is 5.42. The summed E-state index contributed by atoms with van der Waals surface area (Å²) in [6.45, 7) is 1.72. The van der Waals surface area contributed by atoms with Crippen molar-refractivity contribution in [3.63, 3.8) is 0 Å². The number of carbonyl (C=O) groups excluding carboxylic acids is 1. The second-order valence-electron chi connectivity index (χ2n) is 6.66. The van der Waals surface area contributed by atoms with Gasteiger partial charge in [0, 0.05) is 25.0 Å². The maximum atomic E-state index is 12.7. The minimum Gasteiger partial charge on any atom is -0.394 e. The average molecular weight is 282 g/mol. The molecule has 0 aromatic heterocycles. The second kappa shape index (κ2) is 6.00. The lowest BCUT2D eigenvalue weighted by atomic mass is 9.65. The predicted octanol–water partition coefficient (Wildman–Crippen LogP) is 0.360. The normalized spacial score (nSPS) is 41.5. The van der Waals surface area contributed by atoms with Crippen LogP contribution in [0.4, 0.5) is 0 Å². The van der Waals surface area contributed by atoms with E-state index in [1.54, 1.807) is 0 Å². The predicted molar refractivity (Wildman–Crippen MR) is 74.9 cm³/mol. The Morgan fingerprint density at radius 1 is 1.30 bits per heavy atom. The van der Waals surface area contributed by atoms with Crippen LogP contribution < -0.4 is 5.73 Å². The molecule has 2 saturated carbocycles. The molecular formula is C15H26N2O3. The topological polar surface area (TPSA) is 75.8 Å². The van der Waals surface area contributed by atoms with Crippen molar-refractivity contribution in [3.05, 3.63) is 0 Å². The van der Waals surface area contributed by atoms with Crippen molar-refractivity contribution in [3.8, 4) is 0 Å². The van der Waals surface area contributed by atoms with Gasteiger partial charge in [0.25, 0.3) is 0 Å². The summed E-state index contributed by atoms with van der Waals surface area (Å²) in [5.41, 5.74) is 6.29. The van der Waals surface area contributed by atoms with Gasteiger partial charge in [-0.2, -0.15) is 0 Å². The Morgan fingerprint density at radius 2 is 2.00 bits per heavy atom. The first-order chi connectivity index (χ1) is 9.69. The lowest BCUT2D eigenvalue weighted by Crippen LogP contribution is -2.53. The molecule has 1 heterocycles. The fourth-order valence-electron chi connectivity index (χ4n) is 4.28. The van der Waals surface area contributed by atoms with E-state index in [1.165, 1.54) is 19.3 Å². The zero-order chi connectivity index (χ0) is 14.1. The molecule has 5 nitrogen and oxygen atoms in total. The van der Waals surface area contributed by atoms with E-state index in [0.717, 1.165) is 12.8 Å². The molecule has 3 unspecified atom stereocenters. The highest BCUT2D eigenvalue weighted by Crippen LogP contribution is 2.42. The Hall–Kier alpha value is -0.650. The number of morpholine rings is 1. The van der Waals surface area contributed by atoms with Crippen molar-refractivity contribution in [2.75, 3.05) is 26.3 Å². The van der Waals surface area contributed by atoms with E-state index < -0.39 is 0 Å². The Labute approximate surface area is 120 Å². The van der Waals surface area contributed by atoms with Gasteiger partial charge < -0.3 is 20.5 Å². The van der Waals surface area contributed by atoms with Crippen LogP contribution in [-0.4, -0.2) is 54.4 Å². The van der Waals surface area contributed by atoms with Gasteiger partial charge in [0.2, 0.25) is 5.91 Å². The summed E-state index contributed by atoms with van der Waals surface area (Å²) in [6, 6.07) is 0.308. The van der Waals surface area contributed by atoms with E-state index in [0.29, 0.717) is 37.6 Å². The van der Waals surface area contributed by atoms with Gasteiger partial charge in [-0.15, -0.1) is 0 Å². The number of rotatable bonds is 2. The Balaban J connectivity index is 1.62. The van der Waals surface area contributed by atoms with Crippen LogP contribution >= 0.6 is 0 Å². The molecule has 0 radical (unpaired) electrons. The molecule has 1 saturated heterocycles. The molecule has 0 spiro atoms. The van der Waals surface area contributed by atoms with Gasteiger partial charge in [-0.05, 0) is 37.5 Å². The van der Waals surface area contributed by atoms with Crippen molar-refractivity contribution in [1.29, 1.82) is 0 Å².